The first-order valence-electron chi connectivity index (χ1n) is 7.83. The zero-order valence-corrected chi connectivity index (χ0v) is 13.0. The predicted octanol–water partition coefficient (Wildman–Crippen LogP) is 5.01. The number of para-hydroxylation sites is 1. The summed E-state index contributed by atoms with van der Waals surface area (Å²) in [4.78, 5) is 2.34. The lowest BCUT2D eigenvalue weighted by atomic mass is 9.91. The molecular formula is C21H16N2. The van der Waals surface area contributed by atoms with Crippen LogP contribution in [0.3, 0.4) is 0 Å². The Kier molecular flexibility index (Phi) is 2.32. The zero-order chi connectivity index (χ0) is 15.6. The fourth-order valence-electron chi connectivity index (χ4n) is 3.71. The molecule has 2 aliphatic heterocycles. The molecule has 0 spiro atoms. The van der Waals surface area contributed by atoms with Crippen molar-refractivity contribution >= 4 is 23.8 Å². The van der Waals surface area contributed by atoms with Crippen LogP contribution in [0, 0.1) is 13.1 Å². The Morgan fingerprint density at radius 1 is 0.870 bits per heavy atom. The molecule has 0 bridgehead atoms. The van der Waals surface area contributed by atoms with E-state index in [9.17, 15) is 0 Å². The average Bonchev–Trinajstić information content (AvgIpc) is 2.88. The van der Waals surface area contributed by atoms with E-state index in [0.717, 1.165) is 11.9 Å². The minimum absolute atomic E-state index is 1.14. The minimum Gasteiger partial charge on any atom is -0.291 e. The van der Waals surface area contributed by atoms with Crippen LogP contribution in [0.4, 0.5) is 17.1 Å². The van der Waals surface area contributed by atoms with E-state index >= 15 is 0 Å². The van der Waals surface area contributed by atoms with E-state index in [0.29, 0.717) is 0 Å². The lowest BCUT2D eigenvalue weighted by Crippen LogP contribution is -2.29. The first-order valence-corrected chi connectivity index (χ1v) is 7.83. The monoisotopic (exact) mass is 296 g/mol. The molecular weight excluding hydrogens is 280 g/mol. The number of benzene rings is 3. The highest BCUT2D eigenvalue weighted by molar-refractivity contribution is 5.94. The van der Waals surface area contributed by atoms with Crippen LogP contribution >= 0.6 is 0 Å². The Bertz CT molecular complexity index is 971. The van der Waals surface area contributed by atoms with Crippen LogP contribution in [0.5, 0.6) is 0 Å². The smallest absolute Gasteiger partial charge is 0.222 e. The lowest BCUT2D eigenvalue weighted by molar-refractivity contribution is -0.398. The van der Waals surface area contributed by atoms with Gasteiger partial charge in [-0.1, -0.05) is 48.0 Å². The Morgan fingerprint density at radius 3 is 2.48 bits per heavy atom. The van der Waals surface area contributed by atoms with Gasteiger partial charge in [0.15, 0.2) is 5.69 Å². The molecule has 2 aliphatic rings. The minimum atomic E-state index is 1.14. The van der Waals surface area contributed by atoms with Crippen LogP contribution in [-0.4, -0.2) is 11.3 Å². The molecule has 0 aliphatic carbocycles. The van der Waals surface area contributed by atoms with Gasteiger partial charge in [-0.2, -0.15) is 0 Å². The van der Waals surface area contributed by atoms with Gasteiger partial charge < -0.3 is 0 Å². The van der Waals surface area contributed by atoms with Crippen molar-refractivity contribution in [2.24, 2.45) is 0 Å². The summed E-state index contributed by atoms with van der Waals surface area (Å²) in [5.74, 6) is 0. The van der Waals surface area contributed by atoms with Crippen molar-refractivity contribution in [1.82, 2.24) is 0 Å². The second-order valence-electron chi connectivity index (χ2n) is 6.14. The van der Waals surface area contributed by atoms with Gasteiger partial charge in [-0.15, -0.1) is 6.07 Å². The van der Waals surface area contributed by atoms with E-state index in [-0.39, 0.29) is 0 Å². The molecule has 0 unspecified atom stereocenters. The van der Waals surface area contributed by atoms with Crippen LogP contribution in [0.2, 0.25) is 0 Å². The molecule has 0 fully saturated rings. The third-order valence-corrected chi connectivity index (χ3v) is 4.73. The highest BCUT2D eigenvalue weighted by Gasteiger charge is 2.42. The van der Waals surface area contributed by atoms with Crippen LogP contribution in [0.25, 0.3) is 11.1 Å². The molecule has 3 aromatic carbocycles. The summed E-state index contributed by atoms with van der Waals surface area (Å²) in [6, 6.07) is 23.7. The van der Waals surface area contributed by atoms with E-state index in [1.54, 1.807) is 0 Å². The number of aryl methyl sites for hydroxylation is 1. The van der Waals surface area contributed by atoms with Crippen molar-refractivity contribution in [2.45, 2.75) is 6.92 Å². The molecule has 2 heteroatoms. The molecule has 0 N–H and O–H groups in total. The van der Waals surface area contributed by atoms with Gasteiger partial charge in [0.2, 0.25) is 6.17 Å². The second kappa shape index (κ2) is 4.26. The molecule has 0 saturated heterocycles. The maximum absolute atomic E-state index is 4.32. The standard InChI is InChI=1S/C21H16N2/c1-14-11-12-19-20(13-14)23-18-10-6-5-8-16(18)15-7-3-4-9-17(15)21(23)22(19)2/h3-13H,2H2,1H3. The van der Waals surface area contributed by atoms with E-state index in [1.807, 2.05) is 0 Å². The summed E-state index contributed by atoms with van der Waals surface area (Å²) in [7, 11) is 0. The van der Waals surface area contributed by atoms with Crippen molar-refractivity contribution in [3.8, 4) is 11.1 Å². The molecule has 5 rings (SSSR count). The van der Waals surface area contributed by atoms with Crippen LogP contribution in [0.1, 0.15) is 11.1 Å². The highest BCUT2D eigenvalue weighted by Crippen LogP contribution is 2.55. The molecule has 23 heavy (non-hydrogen) atoms. The van der Waals surface area contributed by atoms with Crippen molar-refractivity contribution in [2.75, 3.05) is 4.90 Å². The van der Waals surface area contributed by atoms with E-state index < -0.39 is 0 Å². The zero-order valence-electron chi connectivity index (χ0n) is 13.0. The second-order valence-corrected chi connectivity index (χ2v) is 6.14. The Hall–Kier alpha value is -3.00. The average molecular weight is 296 g/mol. The van der Waals surface area contributed by atoms with E-state index in [1.165, 1.54) is 33.6 Å². The maximum atomic E-state index is 4.32. The first-order chi connectivity index (χ1) is 11.3. The molecule has 2 nitrogen and oxygen atoms in total. The third kappa shape index (κ3) is 1.53. The van der Waals surface area contributed by atoms with Gasteiger partial charge in [-0.25, -0.2) is 4.58 Å². The first kappa shape index (κ1) is 12.5. The maximum Gasteiger partial charge on any atom is 0.222 e. The molecule has 0 amide bonds. The fourth-order valence-corrected chi connectivity index (χ4v) is 3.71. The quantitative estimate of drug-likeness (QED) is 0.417. The number of fused-ring (bicyclic) bond motifs is 8. The Balaban J connectivity index is 1.88. The van der Waals surface area contributed by atoms with Gasteiger partial charge in [-0.3, -0.25) is 4.90 Å². The van der Waals surface area contributed by atoms with Crippen molar-refractivity contribution in [3.05, 3.63) is 84.0 Å². The number of rotatable bonds is 0. The summed E-state index contributed by atoms with van der Waals surface area (Å²) in [5.41, 5.74) is 8.61. The van der Waals surface area contributed by atoms with Gasteiger partial charge in [0, 0.05) is 5.69 Å². The Morgan fingerprint density at radius 2 is 1.61 bits per heavy atom. The molecule has 0 atom stereocenters. The van der Waals surface area contributed by atoms with Gasteiger partial charge in [0.1, 0.15) is 0 Å². The summed E-state index contributed by atoms with van der Waals surface area (Å²) in [6.07, 6.45) is 1.14. The van der Waals surface area contributed by atoms with Crippen LogP contribution < -0.4 is 4.90 Å². The molecule has 0 aromatic heterocycles. The van der Waals surface area contributed by atoms with Crippen LogP contribution in [0.15, 0.2) is 66.7 Å². The fraction of sp³-hybridized carbons (Fsp3) is 0.0476. The largest absolute Gasteiger partial charge is 0.291 e. The van der Waals surface area contributed by atoms with Gasteiger partial charge in [0.05, 0.1) is 12.4 Å². The predicted molar refractivity (Wildman–Crippen MR) is 94.6 cm³/mol. The van der Waals surface area contributed by atoms with Crippen LogP contribution in [-0.2, 0) is 0 Å². The number of hydrogen-bond acceptors (Lipinski definition) is 1. The lowest BCUT2D eigenvalue weighted by Gasteiger charge is -2.34. The number of hydrogen-bond donors (Lipinski definition) is 0. The Labute approximate surface area is 135 Å². The number of anilines is 2. The highest BCUT2D eigenvalue weighted by atomic mass is 15.4. The summed E-state index contributed by atoms with van der Waals surface area (Å²) < 4.78 is 2.06. The SMILES string of the molecule is C=[N+]1c2ccc(C)cc2N2c3ccccc3-c3ccccc3[C-]21. The summed E-state index contributed by atoms with van der Waals surface area (Å²) in [6.45, 7) is 6.45. The molecule has 0 saturated carbocycles. The topological polar surface area (TPSA) is 6.25 Å². The van der Waals surface area contributed by atoms with Crippen molar-refractivity contribution in [3.63, 3.8) is 0 Å². The van der Waals surface area contributed by atoms with Gasteiger partial charge in [-0.05, 0) is 41.8 Å². The van der Waals surface area contributed by atoms with Gasteiger partial charge in [0.25, 0.3) is 0 Å². The normalized spacial score (nSPS) is 14.2. The molecule has 2 heterocycles. The van der Waals surface area contributed by atoms with Crippen molar-refractivity contribution in [1.29, 1.82) is 0 Å². The summed E-state index contributed by atoms with van der Waals surface area (Å²) >= 11 is 0. The van der Waals surface area contributed by atoms with E-state index in [4.69, 9.17) is 0 Å². The van der Waals surface area contributed by atoms with Gasteiger partial charge >= 0.3 is 0 Å². The number of nitrogens with zero attached hydrogens (tertiary/aromatic N) is 2. The third-order valence-electron chi connectivity index (χ3n) is 4.73. The molecule has 110 valence electrons. The summed E-state index contributed by atoms with van der Waals surface area (Å²) in [5, 5.41) is 0. The van der Waals surface area contributed by atoms with E-state index in [2.05, 4.69) is 89.8 Å². The molecule has 0 radical (unpaired) electrons. The molecule has 3 aromatic rings. The van der Waals surface area contributed by atoms with Crippen molar-refractivity contribution < 1.29 is 4.58 Å².